The lowest BCUT2D eigenvalue weighted by atomic mass is 9.92. The number of hydrogen-bond donors (Lipinski definition) is 2. The van der Waals surface area contributed by atoms with Gasteiger partial charge in [0.15, 0.2) is 0 Å². The van der Waals surface area contributed by atoms with Crippen molar-refractivity contribution < 1.29 is 14.4 Å². The van der Waals surface area contributed by atoms with Gasteiger partial charge in [-0.15, -0.1) is 0 Å². The molecule has 0 radical (unpaired) electrons. The van der Waals surface area contributed by atoms with Crippen LogP contribution in [0.1, 0.15) is 30.9 Å². The average molecular weight is 406 g/mol. The summed E-state index contributed by atoms with van der Waals surface area (Å²) in [6, 6.07) is 18.6. The molecule has 0 aromatic heterocycles. The Hall–Kier alpha value is -3.19. The molecular formula is C23H26N4O3. The van der Waals surface area contributed by atoms with Crippen LogP contribution in [-0.2, 0) is 21.7 Å². The minimum absolute atomic E-state index is 0.272. The summed E-state index contributed by atoms with van der Waals surface area (Å²) in [6.07, 6.45) is 1.63. The van der Waals surface area contributed by atoms with E-state index in [0.717, 1.165) is 30.9 Å². The SMILES string of the molecule is CC1(c2ccccc2)NC(=O)N(NC(=O)C2CCCN(Cc3ccccc3)C2)C1=O. The van der Waals surface area contributed by atoms with E-state index in [9.17, 15) is 14.4 Å². The number of carbonyl (C=O) groups excluding carboxylic acids is 3. The molecule has 4 amide bonds. The van der Waals surface area contributed by atoms with Crippen molar-refractivity contribution in [2.24, 2.45) is 5.92 Å². The molecule has 0 saturated carbocycles. The van der Waals surface area contributed by atoms with E-state index < -0.39 is 17.5 Å². The van der Waals surface area contributed by atoms with E-state index in [1.165, 1.54) is 5.56 Å². The fraction of sp³-hybridized carbons (Fsp3) is 0.348. The second-order valence-corrected chi connectivity index (χ2v) is 8.10. The molecule has 7 heteroatoms. The molecule has 2 unspecified atom stereocenters. The molecule has 2 saturated heterocycles. The van der Waals surface area contributed by atoms with Crippen LogP contribution in [0.15, 0.2) is 60.7 Å². The van der Waals surface area contributed by atoms with Crippen LogP contribution >= 0.6 is 0 Å². The number of carbonyl (C=O) groups is 3. The monoisotopic (exact) mass is 406 g/mol. The Kier molecular flexibility index (Phi) is 5.55. The van der Waals surface area contributed by atoms with Crippen LogP contribution in [0.5, 0.6) is 0 Å². The number of likely N-dealkylation sites (tertiary alicyclic amines) is 1. The van der Waals surface area contributed by atoms with Crippen molar-refractivity contribution in [3.63, 3.8) is 0 Å². The summed E-state index contributed by atoms with van der Waals surface area (Å²) in [4.78, 5) is 40.6. The van der Waals surface area contributed by atoms with Crippen LogP contribution in [0, 0.1) is 5.92 Å². The highest BCUT2D eigenvalue weighted by Gasteiger charge is 2.50. The summed E-state index contributed by atoms with van der Waals surface area (Å²) in [5, 5.41) is 3.53. The summed E-state index contributed by atoms with van der Waals surface area (Å²) in [7, 11) is 0. The van der Waals surface area contributed by atoms with E-state index in [-0.39, 0.29) is 11.8 Å². The van der Waals surface area contributed by atoms with Crippen LogP contribution in [0.4, 0.5) is 4.79 Å². The molecule has 2 aliphatic rings. The van der Waals surface area contributed by atoms with E-state index in [1.807, 2.05) is 36.4 Å². The highest BCUT2D eigenvalue weighted by Crippen LogP contribution is 2.28. The lowest BCUT2D eigenvalue weighted by Crippen LogP contribution is -2.52. The van der Waals surface area contributed by atoms with Gasteiger partial charge in [-0.1, -0.05) is 60.7 Å². The molecule has 2 aromatic carbocycles. The van der Waals surface area contributed by atoms with Crippen LogP contribution in [0.25, 0.3) is 0 Å². The maximum absolute atomic E-state index is 13.0. The van der Waals surface area contributed by atoms with Gasteiger partial charge in [0.1, 0.15) is 5.54 Å². The van der Waals surface area contributed by atoms with Gasteiger partial charge in [-0.2, -0.15) is 5.01 Å². The Labute approximate surface area is 176 Å². The van der Waals surface area contributed by atoms with E-state index in [1.54, 1.807) is 19.1 Å². The second kappa shape index (κ2) is 8.28. The quantitative estimate of drug-likeness (QED) is 0.747. The van der Waals surface area contributed by atoms with Crippen LogP contribution < -0.4 is 10.7 Å². The third-order valence-electron chi connectivity index (χ3n) is 5.89. The summed E-state index contributed by atoms with van der Waals surface area (Å²) in [6.45, 7) is 3.95. The van der Waals surface area contributed by atoms with Gasteiger partial charge < -0.3 is 5.32 Å². The third kappa shape index (κ3) is 3.93. The number of rotatable bonds is 5. The zero-order valence-corrected chi connectivity index (χ0v) is 17.0. The zero-order chi connectivity index (χ0) is 21.1. The lowest BCUT2D eigenvalue weighted by Gasteiger charge is -2.32. The number of nitrogens with zero attached hydrogens (tertiary/aromatic N) is 2. The fourth-order valence-electron chi connectivity index (χ4n) is 4.16. The van der Waals surface area contributed by atoms with Crippen molar-refractivity contribution in [3.05, 3.63) is 71.8 Å². The molecule has 2 aromatic rings. The van der Waals surface area contributed by atoms with Gasteiger partial charge in [0, 0.05) is 13.1 Å². The van der Waals surface area contributed by atoms with Gasteiger partial charge in [-0.25, -0.2) is 4.79 Å². The van der Waals surface area contributed by atoms with Gasteiger partial charge in [0.2, 0.25) is 5.91 Å². The van der Waals surface area contributed by atoms with Crippen molar-refractivity contribution in [1.82, 2.24) is 20.7 Å². The molecule has 156 valence electrons. The molecule has 30 heavy (non-hydrogen) atoms. The Morgan fingerprint density at radius 2 is 1.77 bits per heavy atom. The summed E-state index contributed by atoms with van der Waals surface area (Å²) < 4.78 is 0. The Morgan fingerprint density at radius 3 is 2.47 bits per heavy atom. The van der Waals surface area contributed by atoms with Crippen molar-refractivity contribution >= 4 is 17.8 Å². The largest absolute Gasteiger partial charge is 0.344 e. The number of hydrogen-bond acceptors (Lipinski definition) is 4. The van der Waals surface area contributed by atoms with Gasteiger partial charge in [-0.3, -0.25) is 19.9 Å². The molecule has 7 nitrogen and oxygen atoms in total. The highest BCUT2D eigenvalue weighted by molar-refractivity contribution is 6.08. The number of hydrazine groups is 1. The predicted octanol–water partition coefficient (Wildman–Crippen LogP) is 2.40. The number of imide groups is 1. The highest BCUT2D eigenvalue weighted by atomic mass is 16.2. The topological polar surface area (TPSA) is 81.8 Å². The summed E-state index contributed by atoms with van der Waals surface area (Å²) in [5.41, 5.74) is 3.24. The van der Waals surface area contributed by atoms with E-state index in [2.05, 4.69) is 27.8 Å². The zero-order valence-electron chi connectivity index (χ0n) is 17.0. The van der Waals surface area contributed by atoms with E-state index in [0.29, 0.717) is 12.1 Å². The van der Waals surface area contributed by atoms with Crippen molar-refractivity contribution in [2.75, 3.05) is 13.1 Å². The van der Waals surface area contributed by atoms with E-state index >= 15 is 0 Å². The molecule has 4 rings (SSSR count). The second-order valence-electron chi connectivity index (χ2n) is 8.10. The first kappa shape index (κ1) is 20.1. The van der Waals surface area contributed by atoms with Crippen molar-refractivity contribution in [2.45, 2.75) is 31.8 Å². The van der Waals surface area contributed by atoms with E-state index in [4.69, 9.17) is 0 Å². The fourth-order valence-corrected chi connectivity index (χ4v) is 4.16. The third-order valence-corrected chi connectivity index (χ3v) is 5.89. The predicted molar refractivity (Wildman–Crippen MR) is 112 cm³/mol. The summed E-state index contributed by atoms with van der Waals surface area (Å²) in [5.74, 6) is -1.05. The maximum Gasteiger partial charge on any atom is 0.344 e. The minimum Gasteiger partial charge on any atom is -0.318 e. The van der Waals surface area contributed by atoms with Gasteiger partial charge in [0.25, 0.3) is 5.91 Å². The maximum atomic E-state index is 13.0. The average Bonchev–Trinajstić information content (AvgIpc) is 2.99. The van der Waals surface area contributed by atoms with Crippen LogP contribution in [0.3, 0.4) is 0 Å². The Balaban J connectivity index is 1.41. The van der Waals surface area contributed by atoms with Crippen LogP contribution in [0.2, 0.25) is 0 Å². The molecule has 2 fully saturated rings. The molecule has 2 heterocycles. The van der Waals surface area contributed by atoms with Gasteiger partial charge in [-0.05, 0) is 37.4 Å². The number of amides is 4. The normalized spacial score (nSPS) is 24.6. The van der Waals surface area contributed by atoms with Gasteiger partial charge in [0.05, 0.1) is 5.92 Å². The number of urea groups is 1. The molecule has 2 atom stereocenters. The molecule has 0 spiro atoms. The molecular weight excluding hydrogens is 380 g/mol. The first-order valence-corrected chi connectivity index (χ1v) is 10.3. The standard InChI is InChI=1S/C23H26N4O3/c1-23(19-12-6-3-7-13-19)21(29)27(22(30)24-23)25-20(28)18-11-8-14-26(16-18)15-17-9-4-2-5-10-17/h2-7,9-10,12-13,18H,8,11,14-16H2,1H3,(H,24,30)(H,25,28). The smallest absolute Gasteiger partial charge is 0.318 e. The van der Waals surface area contributed by atoms with Gasteiger partial charge >= 0.3 is 6.03 Å². The molecule has 0 aliphatic carbocycles. The molecule has 2 N–H and O–H groups in total. The number of piperidine rings is 1. The molecule has 0 bridgehead atoms. The first-order chi connectivity index (χ1) is 14.5. The number of nitrogens with one attached hydrogen (secondary N) is 2. The Morgan fingerprint density at radius 1 is 1.10 bits per heavy atom. The van der Waals surface area contributed by atoms with Crippen molar-refractivity contribution in [1.29, 1.82) is 0 Å². The first-order valence-electron chi connectivity index (χ1n) is 10.3. The van der Waals surface area contributed by atoms with Crippen molar-refractivity contribution in [3.8, 4) is 0 Å². The summed E-state index contributed by atoms with van der Waals surface area (Å²) >= 11 is 0. The molecule has 2 aliphatic heterocycles. The van der Waals surface area contributed by atoms with Crippen LogP contribution in [-0.4, -0.2) is 40.8 Å². The number of benzene rings is 2. The lowest BCUT2D eigenvalue weighted by molar-refractivity contribution is -0.141. The Bertz CT molecular complexity index is 934. The minimum atomic E-state index is -1.20.